The second kappa shape index (κ2) is 4.44. The molecule has 2 N–H and O–H groups in total. The minimum atomic E-state index is -0.744. The van der Waals surface area contributed by atoms with Crippen LogP contribution in [0.4, 0.5) is 0 Å². The highest BCUT2D eigenvalue weighted by atomic mass is 32.2. The number of nitrogens with zero attached hydrogens (tertiary/aromatic N) is 4. The maximum absolute atomic E-state index is 8.69. The van der Waals surface area contributed by atoms with Gasteiger partial charge in [0.05, 0.1) is 6.07 Å². The van der Waals surface area contributed by atoms with E-state index in [4.69, 9.17) is 11.0 Å². The Morgan fingerprint density at radius 2 is 2.50 bits per heavy atom. The van der Waals surface area contributed by atoms with Crippen LogP contribution < -0.4 is 5.73 Å². The monoisotopic (exact) mass is 211 g/mol. The molecule has 5 nitrogen and oxygen atoms in total. The van der Waals surface area contributed by atoms with Crippen LogP contribution in [0.5, 0.6) is 0 Å². The summed E-state index contributed by atoms with van der Waals surface area (Å²) in [6, 6.07) is 2.06. The highest BCUT2D eigenvalue weighted by molar-refractivity contribution is 7.99. The fraction of sp³-hybridized carbons (Fsp3) is 0.625. The lowest BCUT2D eigenvalue weighted by Crippen LogP contribution is -2.34. The minimum absolute atomic E-state index is 0.640. The molecular weight excluding hydrogens is 198 g/mol. The molecule has 1 unspecified atom stereocenters. The summed E-state index contributed by atoms with van der Waals surface area (Å²) in [4.78, 5) is 4.05. The van der Waals surface area contributed by atoms with Crippen LogP contribution in [0.1, 0.15) is 13.3 Å². The molecule has 76 valence electrons. The molecule has 1 atom stereocenters. The van der Waals surface area contributed by atoms with E-state index >= 15 is 0 Å². The van der Waals surface area contributed by atoms with Crippen molar-refractivity contribution in [3.05, 3.63) is 6.33 Å². The van der Waals surface area contributed by atoms with E-state index < -0.39 is 5.54 Å². The Kier molecular flexibility index (Phi) is 3.49. The molecule has 14 heavy (non-hydrogen) atoms. The first-order chi connectivity index (χ1) is 6.55. The zero-order valence-corrected chi connectivity index (χ0v) is 9.08. The molecule has 0 amide bonds. The average molecular weight is 211 g/mol. The van der Waals surface area contributed by atoms with Crippen LogP contribution in [-0.4, -0.2) is 26.1 Å². The number of thioether (sulfide) groups is 1. The van der Waals surface area contributed by atoms with Crippen molar-refractivity contribution >= 4 is 11.8 Å². The van der Waals surface area contributed by atoms with Gasteiger partial charge >= 0.3 is 0 Å². The van der Waals surface area contributed by atoms with E-state index in [0.717, 1.165) is 10.9 Å². The molecule has 0 bridgehead atoms. The van der Waals surface area contributed by atoms with Gasteiger partial charge in [-0.25, -0.2) is 9.67 Å². The molecule has 0 saturated carbocycles. The van der Waals surface area contributed by atoms with Gasteiger partial charge in [0, 0.05) is 12.8 Å². The van der Waals surface area contributed by atoms with Gasteiger partial charge in [-0.3, -0.25) is 0 Å². The van der Waals surface area contributed by atoms with E-state index in [-0.39, 0.29) is 0 Å². The largest absolute Gasteiger partial charge is 0.314 e. The first-order valence-electron chi connectivity index (χ1n) is 4.22. The third kappa shape index (κ3) is 3.01. The fourth-order valence-corrected chi connectivity index (χ4v) is 1.89. The molecule has 0 aliphatic heterocycles. The Balaban J connectivity index is 2.37. The number of rotatable bonds is 4. The highest BCUT2D eigenvalue weighted by Gasteiger charge is 2.16. The van der Waals surface area contributed by atoms with Crippen molar-refractivity contribution in [2.24, 2.45) is 12.8 Å². The van der Waals surface area contributed by atoms with Crippen molar-refractivity contribution in [3.63, 3.8) is 0 Å². The van der Waals surface area contributed by atoms with Crippen molar-refractivity contribution in [3.8, 4) is 6.07 Å². The molecule has 1 aromatic heterocycles. The van der Waals surface area contributed by atoms with Gasteiger partial charge in [-0.15, -0.1) is 0 Å². The number of aromatic nitrogens is 3. The first kappa shape index (κ1) is 11.0. The predicted octanol–water partition coefficient (Wildman–Crippen LogP) is 0.538. The fourth-order valence-electron chi connectivity index (χ4n) is 0.827. The minimum Gasteiger partial charge on any atom is -0.314 e. The lowest BCUT2D eigenvalue weighted by atomic mass is 10.0. The molecular formula is C8H13N5S. The zero-order valence-electron chi connectivity index (χ0n) is 8.27. The quantitative estimate of drug-likeness (QED) is 0.735. The van der Waals surface area contributed by atoms with Gasteiger partial charge in [-0.1, -0.05) is 11.8 Å². The van der Waals surface area contributed by atoms with Gasteiger partial charge in [0.2, 0.25) is 0 Å². The molecule has 0 aliphatic carbocycles. The smallest absolute Gasteiger partial charge is 0.185 e. The van der Waals surface area contributed by atoms with Crippen LogP contribution in [0.15, 0.2) is 11.5 Å². The van der Waals surface area contributed by atoms with Crippen LogP contribution in [0.25, 0.3) is 0 Å². The van der Waals surface area contributed by atoms with E-state index in [9.17, 15) is 0 Å². The zero-order chi connectivity index (χ0) is 10.6. The number of nitrogens with two attached hydrogens (primary N) is 1. The molecule has 0 saturated heterocycles. The lowest BCUT2D eigenvalue weighted by molar-refractivity contribution is 0.582. The van der Waals surface area contributed by atoms with E-state index in [0.29, 0.717) is 6.42 Å². The van der Waals surface area contributed by atoms with Gasteiger partial charge < -0.3 is 5.73 Å². The molecule has 0 fully saturated rings. The molecule has 0 radical (unpaired) electrons. The topological polar surface area (TPSA) is 80.5 Å². The highest BCUT2D eigenvalue weighted by Crippen LogP contribution is 2.17. The molecule has 1 aromatic rings. The SMILES string of the molecule is Cn1ncnc1SCCC(C)(N)C#N. The third-order valence-electron chi connectivity index (χ3n) is 1.78. The number of hydrogen-bond donors (Lipinski definition) is 1. The van der Waals surface area contributed by atoms with Gasteiger partial charge in [0.15, 0.2) is 5.16 Å². The van der Waals surface area contributed by atoms with Gasteiger partial charge in [-0.2, -0.15) is 10.4 Å². The second-order valence-corrected chi connectivity index (χ2v) is 4.36. The summed E-state index contributed by atoms with van der Waals surface area (Å²) in [6.07, 6.45) is 2.15. The van der Waals surface area contributed by atoms with E-state index in [1.165, 1.54) is 6.33 Å². The lowest BCUT2D eigenvalue weighted by Gasteiger charge is -2.13. The normalized spacial score (nSPS) is 14.7. The summed E-state index contributed by atoms with van der Waals surface area (Å²) in [5, 5.41) is 13.5. The van der Waals surface area contributed by atoms with E-state index in [2.05, 4.69) is 16.2 Å². The molecule has 6 heteroatoms. The van der Waals surface area contributed by atoms with E-state index in [1.807, 2.05) is 7.05 Å². The Labute approximate surface area is 87.3 Å². The maximum Gasteiger partial charge on any atom is 0.185 e. The first-order valence-corrected chi connectivity index (χ1v) is 5.21. The molecule has 0 aromatic carbocycles. The van der Waals surface area contributed by atoms with Gasteiger partial charge in [-0.05, 0) is 13.3 Å². The third-order valence-corrected chi connectivity index (χ3v) is 2.81. The van der Waals surface area contributed by atoms with Crippen LogP contribution in [0.3, 0.4) is 0 Å². The van der Waals surface area contributed by atoms with Crippen LogP contribution in [0.2, 0.25) is 0 Å². The molecule has 0 spiro atoms. The van der Waals surface area contributed by atoms with Crippen molar-refractivity contribution in [2.45, 2.75) is 24.0 Å². The second-order valence-electron chi connectivity index (χ2n) is 3.29. The van der Waals surface area contributed by atoms with Crippen molar-refractivity contribution < 1.29 is 0 Å². The Morgan fingerprint density at radius 3 is 3.00 bits per heavy atom. The summed E-state index contributed by atoms with van der Waals surface area (Å²) in [5.41, 5.74) is 4.93. The summed E-state index contributed by atoms with van der Waals surface area (Å²) in [6.45, 7) is 1.73. The predicted molar refractivity (Wildman–Crippen MR) is 54.5 cm³/mol. The van der Waals surface area contributed by atoms with Crippen LogP contribution in [-0.2, 0) is 7.05 Å². The van der Waals surface area contributed by atoms with Crippen molar-refractivity contribution in [1.29, 1.82) is 5.26 Å². The average Bonchev–Trinajstić information content (AvgIpc) is 2.52. The maximum atomic E-state index is 8.69. The summed E-state index contributed by atoms with van der Waals surface area (Å²) < 4.78 is 1.70. The number of hydrogen-bond acceptors (Lipinski definition) is 5. The molecule has 0 aliphatic rings. The van der Waals surface area contributed by atoms with Gasteiger partial charge in [0.1, 0.15) is 11.9 Å². The number of nitriles is 1. The summed E-state index contributed by atoms with van der Waals surface area (Å²) >= 11 is 1.55. The Morgan fingerprint density at radius 1 is 1.79 bits per heavy atom. The molecule has 1 heterocycles. The van der Waals surface area contributed by atoms with Gasteiger partial charge in [0.25, 0.3) is 0 Å². The Bertz CT molecular complexity index is 338. The van der Waals surface area contributed by atoms with Crippen LogP contribution in [0, 0.1) is 11.3 Å². The molecule has 1 rings (SSSR count). The van der Waals surface area contributed by atoms with Crippen LogP contribution >= 0.6 is 11.8 Å². The summed E-state index contributed by atoms with van der Waals surface area (Å²) in [5.74, 6) is 0.771. The standard InChI is InChI=1S/C8H13N5S/c1-8(10,5-9)3-4-14-7-11-6-12-13(7)2/h6H,3-4,10H2,1-2H3. The van der Waals surface area contributed by atoms with Crippen molar-refractivity contribution in [1.82, 2.24) is 14.8 Å². The number of aryl methyl sites for hydroxylation is 1. The Hall–Kier alpha value is -1.06. The van der Waals surface area contributed by atoms with Crippen molar-refractivity contribution in [2.75, 3.05) is 5.75 Å². The van der Waals surface area contributed by atoms with E-state index in [1.54, 1.807) is 23.4 Å². The summed E-state index contributed by atoms with van der Waals surface area (Å²) in [7, 11) is 1.83.